The van der Waals surface area contributed by atoms with Gasteiger partial charge in [-0.25, -0.2) is 4.90 Å². The Labute approximate surface area is 205 Å². The van der Waals surface area contributed by atoms with Crippen molar-refractivity contribution in [2.75, 3.05) is 22.1 Å². The number of imide groups is 1. The molecule has 3 amide bonds. The van der Waals surface area contributed by atoms with E-state index in [1.807, 2.05) is 13.0 Å². The molecule has 0 aromatic heterocycles. The van der Waals surface area contributed by atoms with Gasteiger partial charge >= 0.3 is 0 Å². The molecule has 1 heterocycles. The zero-order valence-electron chi connectivity index (χ0n) is 18.0. The third-order valence-corrected chi connectivity index (χ3v) is 5.54. The normalized spacial score (nSPS) is 13.3. The number of carbonyl (C=O) groups excluding carboxylic acids is 3. The Kier molecular flexibility index (Phi) is 6.86. The molecule has 0 spiro atoms. The summed E-state index contributed by atoms with van der Waals surface area (Å²) in [5.74, 6) is -1.08. The number of amides is 3. The molecule has 0 atom stereocenters. The first-order valence-corrected chi connectivity index (χ1v) is 11.1. The molecule has 34 heavy (non-hydrogen) atoms. The second kappa shape index (κ2) is 9.99. The highest BCUT2D eigenvalue weighted by atomic mass is 35.5. The van der Waals surface area contributed by atoms with Gasteiger partial charge in [-0.1, -0.05) is 41.4 Å². The smallest absolute Gasteiger partial charge is 0.283 e. The van der Waals surface area contributed by atoms with Gasteiger partial charge in [-0.05, 0) is 61.5 Å². The summed E-state index contributed by atoms with van der Waals surface area (Å²) in [5.41, 5.74) is 1.54. The van der Waals surface area contributed by atoms with Crippen LogP contribution in [0.1, 0.15) is 17.3 Å². The molecule has 0 saturated heterocycles. The van der Waals surface area contributed by atoms with Crippen LogP contribution in [0.2, 0.25) is 5.02 Å². The molecule has 7 nitrogen and oxygen atoms in total. The number of ether oxygens (including phenoxy) is 1. The molecule has 0 saturated carbocycles. The topological polar surface area (TPSA) is 87.7 Å². The van der Waals surface area contributed by atoms with E-state index in [0.29, 0.717) is 40.0 Å². The Balaban J connectivity index is 1.53. The van der Waals surface area contributed by atoms with Crippen LogP contribution < -0.4 is 20.3 Å². The molecule has 3 aromatic rings. The first-order chi connectivity index (χ1) is 16.4. The molecule has 0 aliphatic carbocycles. The number of rotatable bonds is 7. The molecule has 0 fully saturated rings. The summed E-state index contributed by atoms with van der Waals surface area (Å²) in [6, 6.07) is 19.8. The van der Waals surface area contributed by atoms with Gasteiger partial charge in [0.2, 0.25) is 0 Å². The van der Waals surface area contributed by atoms with Gasteiger partial charge in [0, 0.05) is 16.3 Å². The molecule has 4 rings (SSSR count). The lowest BCUT2D eigenvalue weighted by Gasteiger charge is -2.15. The fourth-order valence-corrected chi connectivity index (χ4v) is 3.70. The minimum atomic E-state index is -0.655. The van der Waals surface area contributed by atoms with Crippen molar-refractivity contribution in [1.82, 2.24) is 0 Å². The quantitative estimate of drug-likeness (QED) is 0.426. The van der Waals surface area contributed by atoms with Crippen LogP contribution in [0.4, 0.5) is 17.1 Å². The maximum Gasteiger partial charge on any atom is 0.283 e. The lowest BCUT2D eigenvalue weighted by molar-refractivity contribution is -0.120. The number of hydrogen-bond donors (Lipinski definition) is 2. The van der Waals surface area contributed by atoms with Gasteiger partial charge in [0.25, 0.3) is 17.7 Å². The van der Waals surface area contributed by atoms with Gasteiger partial charge in [-0.2, -0.15) is 0 Å². The van der Waals surface area contributed by atoms with Crippen LogP contribution in [0.3, 0.4) is 0 Å². The van der Waals surface area contributed by atoms with Gasteiger partial charge in [-0.3, -0.25) is 14.4 Å². The summed E-state index contributed by atoms with van der Waals surface area (Å²) >= 11 is 12.1. The van der Waals surface area contributed by atoms with Crippen LogP contribution >= 0.6 is 23.2 Å². The van der Waals surface area contributed by atoms with Crippen molar-refractivity contribution in [1.29, 1.82) is 0 Å². The number of benzene rings is 3. The van der Waals surface area contributed by atoms with E-state index in [2.05, 4.69) is 10.6 Å². The Morgan fingerprint density at radius 3 is 2.41 bits per heavy atom. The number of para-hydroxylation sites is 2. The van der Waals surface area contributed by atoms with Crippen LogP contribution in [0.25, 0.3) is 0 Å². The third-order valence-electron chi connectivity index (χ3n) is 4.94. The van der Waals surface area contributed by atoms with Crippen LogP contribution in [0.15, 0.2) is 83.5 Å². The fourth-order valence-electron chi connectivity index (χ4n) is 3.36. The average Bonchev–Trinajstić information content (AvgIpc) is 3.04. The van der Waals surface area contributed by atoms with Crippen molar-refractivity contribution in [2.24, 2.45) is 0 Å². The average molecular weight is 496 g/mol. The number of nitrogens with one attached hydrogen (secondary N) is 2. The molecule has 2 N–H and O–H groups in total. The molecule has 172 valence electrons. The van der Waals surface area contributed by atoms with E-state index in [0.717, 1.165) is 4.90 Å². The summed E-state index contributed by atoms with van der Waals surface area (Å²) in [6.45, 7) is 2.32. The fraction of sp³-hybridized carbons (Fsp3) is 0.0800. The van der Waals surface area contributed by atoms with Crippen LogP contribution in [0, 0.1) is 0 Å². The minimum absolute atomic E-state index is 0.0825. The monoisotopic (exact) mass is 495 g/mol. The molecule has 3 aromatic carbocycles. The number of carbonyl (C=O) groups is 3. The second-order valence-corrected chi connectivity index (χ2v) is 8.01. The van der Waals surface area contributed by atoms with Crippen molar-refractivity contribution in [3.63, 3.8) is 0 Å². The second-order valence-electron chi connectivity index (χ2n) is 7.20. The van der Waals surface area contributed by atoms with Gasteiger partial charge < -0.3 is 15.4 Å². The Morgan fingerprint density at radius 1 is 0.941 bits per heavy atom. The molecule has 1 aliphatic heterocycles. The standard InChI is InChI=1S/C25H19Cl2N3O4/c1-2-34-20-9-4-3-8-19(20)29-23(31)15-6-5-7-17(14-15)28-22-21(27)24(32)30(25(22)33)18-12-10-16(26)11-13-18/h3-14,28H,2H2,1H3,(H,29,31). The van der Waals surface area contributed by atoms with Gasteiger partial charge in [0.05, 0.1) is 18.0 Å². The molecule has 9 heteroatoms. The lowest BCUT2D eigenvalue weighted by Crippen LogP contribution is -2.32. The van der Waals surface area contributed by atoms with Crippen molar-refractivity contribution in [2.45, 2.75) is 6.92 Å². The van der Waals surface area contributed by atoms with Crippen molar-refractivity contribution < 1.29 is 19.1 Å². The predicted molar refractivity (Wildman–Crippen MR) is 132 cm³/mol. The van der Waals surface area contributed by atoms with E-state index in [1.54, 1.807) is 66.7 Å². The number of halogens is 2. The summed E-state index contributed by atoms with van der Waals surface area (Å²) in [5, 5.41) is 5.92. The van der Waals surface area contributed by atoms with E-state index < -0.39 is 11.8 Å². The SMILES string of the molecule is CCOc1ccccc1NC(=O)c1cccc(NC2=C(Cl)C(=O)N(c3ccc(Cl)cc3)C2=O)c1. The van der Waals surface area contributed by atoms with E-state index >= 15 is 0 Å². The number of nitrogens with zero attached hydrogens (tertiary/aromatic N) is 1. The maximum atomic E-state index is 12.9. The molecule has 0 radical (unpaired) electrons. The van der Waals surface area contributed by atoms with Crippen LogP contribution in [-0.4, -0.2) is 24.3 Å². The summed E-state index contributed by atoms with van der Waals surface area (Å²) in [6.07, 6.45) is 0. The van der Waals surface area contributed by atoms with E-state index in [-0.39, 0.29) is 16.6 Å². The highest BCUT2D eigenvalue weighted by molar-refractivity contribution is 6.53. The Morgan fingerprint density at radius 2 is 1.68 bits per heavy atom. The van der Waals surface area contributed by atoms with Gasteiger partial charge in [-0.15, -0.1) is 0 Å². The zero-order valence-corrected chi connectivity index (χ0v) is 19.5. The molecular formula is C25H19Cl2N3O4. The summed E-state index contributed by atoms with van der Waals surface area (Å²) in [4.78, 5) is 39.4. The van der Waals surface area contributed by atoms with Gasteiger partial charge in [0.15, 0.2) is 0 Å². The predicted octanol–water partition coefficient (Wildman–Crippen LogP) is 5.43. The zero-order chi connectivity index (χ0) is 24.2. The van der Waals surface area contributed by atoms with Crippen LogP contribution in [0.5, 0.6) is 5.75 Å². The molecule has 0 bridgehead atoms. The maximum absolute atomic E-state index is 12.9. The van der Waals surface area contributed by atoms with E-state index in [4.69, 9.17) is 27.9 Å². The van der Waals surface area contributed by atoms with Crippen molar-refractivity contribution >= 4 is 58.0 Å². The summed E-state index contributed by atoms with van der Waals surface area (Å²) in [7, 11) is 0. The highest BCUT2D eigenvalue weighted by Crippen LogP contribution is 2.31. The van der Waals surface area contributed by atoms with Crippen molar-refractivity contribution in [3.8, 4) is 5.75 Å². The highest BCUT2D eigenvalue weighted by Gasteiger charge is 2.39. The van der Waals surface area contributed by atoms with E-state index in [9.17, 15) is 14.4 Å². The number of anilines is 3. The number of hydrogen-bond acceptors (Lipinski definition) is 5. The molecule has 1 aliphatic rings. The molecular weight excluding hydrogens is 477 g/mol. The third kappa shape index (κ3) is 4.76. The van der Waals surface area contributed by atoms with Crippen molar-refractivity contribution in [3.05, 3.63) is 94.1 Å². The largest absolute Gasteiger partial charge is 0.492 e. The molecule has 0 unspecified atom stereocenters. The van der Waals surface area contributed by atoms with Crippen LogP contribution in [-0.2, 0) is 9.59 Å². The lowest BCUT2D eigenvalue weighted by atomic mass is 10.1. The van der Waals surface area contributed by atoms with E-state index in [1.165, 1.54) is 0 Å². The Bertz CT molecular complexity index is 1310. The first kappa shape index (κ1) is 23.4. The van der Waals surface area contributed by atoms with Gasteiger partial charge in [0.1, 0.15) is 16.5 Å². The Hall–Kier alpha value is -3.81. The summed E-state index contributed by atoms with van der Waals surface area (Å²) < 4.78 is 5.54. The minimum Gasteiger partial charge on any atom is -0.492 e. The first-order valence-electron chi connectivity index (χ1n) is 10.3.